The van der Waals surface area contributed by atoms with Gasteiger partial charge in [-0.1, -0.05) is 0 Å². The van der Waals surface area contributed by atoms with Gasteiger partial charge in [0.25, 0.3) is 0 Å². The largest absolute Gasteiger partial charge is 0.526 e. The monoisotopic (exact) mass is 298 g/mol. The van der Waals surface area contributed by atoms with Crippen molar-refractivity contribution in [3.8, 4) is 5.75 Å². The first kappa shape index (κ1) is 12.5. The first-order valence-corrected chi connectivity index (χ1v) is 6.02. The number of hydrogen-bond donors (Lipinski definition) is 2. The molecule has 0 bridgehead atoms. The van der Waals surface area contributed by atoms with Crippen molar-refractivity contribution in [2.75, 3.05) is 0 Å². The number of hydrogen-bond acceptors (Lipinski definition) is 4. The molecule has 0 radical (unpaired) electrons. The molecular formula is C11H12BBrO4. The van der Waals surface area contributed by atoms with Crippen LogP contribution >= 0.6 is 15.9 Å². The molecule has 6 heteroatoms. The third-order valence-electron chi connectivity index (χ3n) is 2.19. The summed E-state index contributed by atoms with van der Waals surface area (Å²) in [4.78, 5) is 0. The van der Waals surface area contributed by atoms with E-state index >= 15 is 0 Å². The topological polar surface area (TPSA) is 62.8 Å². The first-order valence-electron chi connectivity index (χ1n) is 5.23. The molecule has 0 spiro atoms. The fourth-order valence-corrected chi connectivity index (χ4v) is 2.11. The predicted octanol–water partition coefficient (Wildman–Crippen LogP) is 1.66. The van der Waals surface area contributed by atoms with Gasteiger partial charge in [0.05, 0.1) is 10.6 Å². The second kappa shape index (κ2) is 4.72. The Hall–Kier alpha value is -0.975. The van der Waals surface area contributed by atoms with Crippen LogP contribution in [-0.2, 0) is 0 Å². The molecule has 2 rings (SSSR count). The number of furan rings is 1. The number of ether oxygens (including phenoxy) is 1. The third-order valence-corrected chi connectivity index (χ3v) is 2.78. The van der Waals surface area contributed by atoms with Crippen molar-refractivity contribution < 1.29 is 19.2 Å². The first-order chi connectivity index (χ1) is 7.97. The van der Waals surface area contributed by atoms with E-state index in [9.17, 15) is 0 Å². The van der Waals surface area contributed by atoms with Gasteiger partial charge in [0.2, 0.25) is 0 Å². The molecule has 0 amide bonds. The van der Waals surface area contributed by atoms with E-state index < -0.39 is 7.12 Å². The van der Waals surface area contributed by atoms with Gasteiger partial charge in [-0.05, 0) is 48.0 Å². The Morgan fingerprint density at radius 1 is 1.29 bits per heavy atom. The van der Waals surface area contributed by atoms with Crippen LogP contribution in [0.15, 0.2) is 27.1 Å². The maximum atomic E-state index is 9.05. The van der Waals surface area contributed by atoms with Gasteiger partial charge in [-0.3, -0.25) is 0 Å². The van der Waals surface area contributed by atoms with Crippen LogP contribution in [0.4, 0.5) is 0 Å². The number of rotatable bonds is 3. The molecule has 0 saturated heterocycles. The molecule has 90 valence electrons. The lowest BCUT2D eigenvalue weighted by Crippen LogP contribution is -2.27. The minimum atomic E-state index is -1.61. The van der Waals surface area contributed by atoms with Crippen LogP contribution in [0.5, 0.6) is 5.75 Å². The Labute approximate surface area is 107 Å². The van der Waals surface area contributed by atoms with Crippen LogP contribution in [0.2, 0.25) is 0 Å². The quantitative estimate of drug-likeness (QED) is 0.846. The average Bonchev–Trinajstić information content (AvgIpc) is 2.60. The molecule has 0 fully saturated rings. The van der Waals surface area contributed by atoms with Gasteiger partial charge in [0, 0.05) is 5.39 Å². The molecule has 0 aliphatic carbocycles. The molecule has 2 N–H and O–H groups in total. The smallest absolute Gasteiger partial charge is 0.491 e. The number of benzene rings is 1. The molecule has 4 nitrogen and oxygen atoms in total. The van der Waals surface area contributed by atoms with E-state index in [1.165, 1.54) is 0 Å². The van der Waals surface area contributed by atoms with Gasteiger partial charge in [-0.25, -0.2) is 0 Å². The molecule has 1 aromatic heterocycles. The summed E-state index contributed by atoms with van der Waals surface area (Å²) in [5, 5.41) is 18.9. The lowest BCUT2D eigenvalue weighted by molar-refractivity contribution is 0.242. The summed E-state index contributed by atoms with van der Waals surface area (Å²) >= 11 is 3.36. The molecule has 0 aliphatic rings. The summed E-state index contributed by atoms with van der Waals surface area (Å²) in [5.74, 6) is 0.708. The van der Waals surface area contributed by atoms with Crippen molar-refractivity contribution in [1.82, 2.24) is 0 Å². The Bertz CT molecular complexity index is 535. The molecule has 1 aromatic carbocycles. The summed E-state index contributed by atoms with van der Waals surface area (Å²) in [6.45, 7) is 3.88. The molecule has 0 aliphatic heterocycles. The van der Waals surface area contributed by atoms with Crippen molar-refractivity contribution >= 4 is 39.7 Å². The van der Waals surface area contributed by atoms with Gasteiger partial charge in [-0.2, -0.15) is 0 Å². The van der Waals surface area contributed by atoms with Crippen molar-refractivity contribution in [2.45, 2.75) is 20.0 Å². The van der Waals surface area contributed by atoms with Crippen LogP contribution in [-0.4, -0.2) is 23.3 Å². The van der Waals surface area contributed by atoms with Crippen LogP contribution in [0, 0.1) is 0 Å². The SMILES string of the molecule is CC(C)Oc1cc(Br)c2oc(B(O)O)cc2c1. The Kier molecular flexibility index (Phi) is 3.46. The highest BCUT2D eigenvalue weighted by molar-refractivity contribution is 9.10. The Balaban J connectivity index is 2.49. The molecule has 2 aromatic rings. The lowest BCUT2D eigenvalue weighted by atomic mass is 9.88. The van der Waals surface area contributed by atoms with Crippen molar-refractivity contribution in [3.63, 3.8) is 0 Å². The highest BCUT2D eigenvalue weighted by atomic mass is 79.9. The highest BCUT2D eigenvalue weighted by Gasteiger charge is 2.18. The van der Waals surface area contributed by atoms with E-state index in [1.807, 2.05) is 13.8 Å². The second-order valence-electron chi connectivity index (χ2n) is 4.01. The maximum Gasteiger partial charge on any atom is 0.526 e. The van der Waals surface area contributed by atoms with Crippen molar-refractivity contribution in [2.24, 2.45) is 0 Å². The molecule has 17 heavy (non-hydrogen) atoms. The summed E-state index contributed by atoms with van der Waals surface area (Å²) in [6.07, 6.45) is 0.0779. The van der Waals surface area contributed by atoms with Gasteiger partial charge >= 0.3 is 7.12 Å². The zero-order valence-corrected chi connectivity index (χ0v) is 11.1. The summed E-state index contributed by atoms with van der Waals surface area (Å²) in [6, 6.07) is 5.17. The minimum Gasteiger partial charge on any atom is -0.491 e. The summed E-state index contributed by atoms with van der Waals surface area (Å²) in [5.41, 5.74) is 0.687. The Morgan fingerprint density at radius 3 is 2.59 bits per heavy atom. The van der Waals surface area contributed by atoms with Crippen LogP contribution < -0.4 is 10.4 Å². The van der Waals surface area contributed by atoms with Crippen molar-refractivity contribution in [1.29, 1.82) is 0 Å². The zero-order chi connectivity index (χ0) is 12.6. The summed E-state index contributed by atoms with van der Waals surface area (Å²) in [7, 11) is -1.61. The molecule has 0 unspecified atom stereocenters. The average molecular weight is 299 g/mol. The molecule has 1 heterocycles. The van der Waals surface area contributed by atoms with Gasteiger partial charge in [0.1, 0.15) is 17.0 Å². The van der Waals surface area contributed by atoms with Crippen LogP contribution in [0.1, 0.15) is 13.8 Å². The van der Waals surface area contributed by atoms with Crippen molar-refractivity contribution in [3.05, 3.63) is 22.7 Å². The maximum absolute atomic E-state index is 9.05. The lowest BCUT2D eigenvalue weighted by Gasteiger charge is -2.09. The molecule has 0 saturated carbocycles. The van der Waals surface area contributed by atoms with E-state index in [1.54, 1.807) is 18.2 Å². The molecular weight excluding hydrogens is 287 g/mol. The zero-order valence-electron chi connectivity index (χ0n) is 9.48. The van der Waals surface area contributed by atoms with Gasteiger partial charge < -0.3 is 19.2 Å². The van der Waals surface area contributed by atoms with Crippen LogP contribution in [0.25, 0.3) is 11.0 Å². The number of halogens is 1. The third kappa shape index (κ3) is 2.65. The minimum absolute atomic E-state index is 0.0779. The van der Waals surface area contributed by atoms with E-state index in [2.05, 4.69) is 15.9 Å². The highest BCUT2D eigenvalue weighted by Crippen LogP contribution is 2.30. The Morgan fingerprint density at radius 2 is 2.00 bits per heavy atom. The van der Waals surface area contributed by atoms with Gasteiger partial charge in [0.15, 0.2) is 0 Å². The fourth-order valence-electron chi connectivity index (χ4n) is 1.57. The number of fused-ring (bicyclic) bond motifs is 1. The van der Waals surface area contributed by atoms with E-state index in [0.717, 1.165) is 9.86 Å². The second-order valence-corrected chi connectivity index (χ2v) is 4.87. The van der Waals surface area contributed by atoms with Gasteiger partial charge in [-0.15, -0.1) is 0 Å². The fraction of sp³-hybridized carbons (Fsp3) is 0.273. The van der Waals surface area contributed by atoms with E-state index in [4.69, 9.17) is 19.2 Å². The standard InChI is InChI=1S/C11H12BBrO4/c1-6(2)16-8-3-7-4-10(12(14)15)17-11(7)9(13)5-8/h3-6,14-15H,1-2H3. The molecule has 0 atom stereocenters. The van der Waals surface area contributed by atoms with E-state index in [0.29, 0.717) is 11.3 Å². The van der Waals surface area contributed by atoms with Crippen LogP contribution in [0.3, 0.4) is 0 Å². The van der Waals surface area contributed by atoms with E-state index in [-0.39, 0.29) is 11.8 Å². The summed E-state index contributed by atoms with van der Waals surface area (Å²) < 4.78 is 11.6. The normalized spacial score (nSPS) is 11.2. The predicted molar refractivity (Wildman–Crippen MR) is 69.5 cm³/mol.